The summed E-state index contributed by atoms with van der Waals surface area (Å²) in [5, 5.41) is 14.1. The van der Waals surface area contributed by atoms with Crippen molar-refractivity contribution < 1.29 is 4.92 Å². The summed E-state index contributed by atoms with van der Waals surface area (Å²) >= 11 is 0. The van der Waals surface area contributed by atoms with Crippen LogP contribution in [0.5, 0.6) is 0 Å². The van der Waals surface area contributed by atoms with Crippen LogP contribution in [-0.2, 0) is 6.54 Å². The van der Waals surface area contributed by atoms with Gasteiger partial charge < -0.3 is 5.32 Å². The summed E-state index contributed by atoms with van der Waals surface area (Å²) in [6.07, 6.45) is 3.25. The van der Waals surface area contributed by atoms with E-state index in [0.29, 0.717) is 18.9 Å². The van der Waals surface area contributed by atoms with Gasteiger partial charge >= 0.3 is 0 Å². The summed E-state index contributed by atoms with van der Waals surface area (Å²) in [4.78, 5) is 10.5. The Morgan fingerprint density at radius 3 is 2.41 bits per heavy atom. The molecule has 0 aliphatic heterocycles. The molecule has 4 heteroatoms. The van der Waals surface area contributed by atoms with E-state index in [1.807, 2.05) is 18.2 Å². The Morgan fingerprint density at radius 2 is 1.82 bits per heavy atom. The van der Waals surface area contributed by atoms with E-state index >= 15 is 0 Å². The number of nitrogens with one attached hydrogen (secondary N) is 1. The summed E-state index contributed by atoms with van der Waals surface area (Å²) in [7, 11) is 0. The number of benzene rings is 1. The Bertz CT molecular complexity index is 359. The van der Waals surface area contributed by atoms with Crippen LogP contribution in [0.3, 0.4) is 0 Å². The molecule has 1 fully saturated rings. The molecule has 0 saturated heterocycles. The van der Waals surface area contributed by atoms with Gasteiger partial charge in [0.15, 0.2) is 0 Å². The van der Waals surface area contributed by atoms with E-state index in [0.717, 1.165) is 19.4 Å². The van der Waals surface area contributed by atoms with Gasteiger partial charge in [0.25, 0.3) is 0 Å². The molecule has 0 heterocycles. The van der Waals surface area contributed by atoms with Crippen molar-refractivity contribution in [1.82, 2.24) is 5.32 Å². The first kappa shape index (κ1) is 12.0. The minimum absolute atomic E-state index is 0.132. The Morgan fingerprint density at radius 1 is 1.18 bits per heavy atom. The number of nitrogens with zero attached hydrogens (tertiary/aromatic N) is 1. The zero-order valence-corrected chi connectivity index (χ0v) is 9.84. The average Bonchev–Trinajstić information content (AvgIpc) is 2.38. The summed E-state index contributed by atoms with van der Waals surface area (Å²) in [5.41, 5.74) is 1.27. The molecular formula is C13H18N2O2. The molecular weight excluding hydrogens is 216 g/mol. The van der Waals surface area contributed by atoms with Crippen LogP contribution in [0, 0.1) is 10.1 Å². The zero-order chi connectivity index (χ0) is 12.1. The van der Waals surface area contributed by atoms with E-state index in [2.05, 4.69) is 17.4 Å². The maximum Gasteiger partial charge on any atom is 0.213 e. The fraction of sp³-hybridized carbons (Fsp3) is 0.538. The molecule has 0 atom stereocenters. The first-order valence-corrected chi connectivity index (χ1v) is 6.16. The number of nitro groups is 1. The van der Waals surface area contributed by atoms with Crippen molar-refractivity contribution >= 4 is 0 Å². The minimum atomic E-state index is -0.315. The predicted molar refractivity (Wildman–Crippen MR) is 66.3 cm³/mol. The standard InChI is InChI=1S/C13H18N2O2/c16-15(17)13-8-6-12(7-9-13)14-10-11-4-2-1-3-5-11/h1-5,12-14H,6-10H2. The largest absolute Gasteiger partial charge is 0.310 e. The summed E-state index contributed by atoms with van der Waals surface area (Å²) < 4.78 is 0. The molecule has 0 radical (unpaired) electrons. The highest BCUT2D eigenvalue weighted by atomic mass is 16.6. The Kier molecular flexibility index (Phi) is 4.09. The van der Waals surface area contributed by atoms with Gasteiger partial charge in [0, 0.05) is 30.4 Å². The second-order valence-electron chi connectivity index (χ2n) is 4.66. The fourth-order valence-corrected chi connectivity index (χ4v) is 2.35. The van der Waals surface area contributed by atoms with Crippen LogP contribution in [0.1, 0.15) is 31.2 Å². The molecule has 1 saturated carbocycles. The first-order valence-electron chi connectivity index (χ1n) is 6.16. The van der Waals surface area contributed by atoms with Crippen LogP contribution < -0.4 is 5.32 Å². The van der Waals surface area contributed by atoms with Crippen molar-refractivity contribution in [2.45, 2.75) is 44.3 Å². The number of rotatable bonds is 4. The molecule has 0 amide bonds. The van der Waals surface area contributed by atoms with Gasteiger partial charge in [0.1, 0.15) is 0 Å². The van der Waals surface area contributed by atoms with Gasteiger partial charge in [-0.2, -0.15) is 0 Å². The summed E-state index contributed by atoms with van der Waals surface area (Å²) in [6.45, 7) is 0.856. The van der Waals surface area contributed by atoms with E-state index in [4.69, 9.17) is 0 Å². The smallest absolute Gasteiger partial charge is 0.213 e. The molecule has 1 aromatic carbocycles. The maximum absolute atomic E-state index is 10.6. The van der Waals surface area contributed by atoms with Crippen LogP contribution in [0.2, 0.25) is 0 Å². The van der Waals surface area contributed by atoms with Gasteiger partial charge in [-0.25, -0.2) is 0 Å². The van der Waals surface area contributed by atoms with Gasteiger partial charge in [0.05, 0.1) is 0 Å². The second kappa shape index (κ2) is 5.77. The molecule has 0 bridgehead atoms. The van der Waals surface area contributed by atoms with E-state index in [1.165, 1.54) is 5.56 Å². The Labute approximate surface area is 101 Å². The third-order valence-electron chi connectivity index (χ3n) is 3.43. The SMILES string of the molecule is O=[N+]([O-])C1CCC(NCc2ccccc2)CC1. The molecule has 1 aromatic rings. The molecule has 0 aromatic heterocycles. The Hall–Kier alpha value is -1.42. The molecule has 0 spiro atoms. The Balaban J connectivity index is 1.74. The predicted octanol–water partition coefficient (Wildman–Crippen LogP) is 2.36. The quantitative estimate of drug-likeness (QED) is 0.642. The molecule has 0 unspecified atom stereocenters. The zero-order valence-electron chi connectivity index (χ0n) is 9.84. The molecule has 1 N–H and O–H groups in total. The molecule has 4 nitrogen and oxygen atoms in total. The molecule has 17 heavy (non-hydrogen) atoms. The van der Waals surface area contributed by atoms with Crippen LogP contribution in [0.25, 0.3) is 0 Å². The second-order valence-corrected chi connectivity index (χ2v) is 4.66. The lowest BCUT2D eigenvalue weighted by Crippen LogP contribution is -2.36. The van der Waals surface area contributed by atoms with Crippen molar-refractivity contribution in [1.29, 1.82) is 0 Å². The van der Waals surface area contributed by atoms with Crippen LogP contribution in [0.15, 0.2) is 30.3 Å². The highest BCUT2D eigenvalue weighted by molar-refractivity contribution is 5.14. The first-order chi connectivity index (χ1) is 8.25. The maximum atomic E-state index is 10.6. The van der Waals surface area contributed by atoms with Crippen LogP contribution in [-0.4, -0.2) is 17.0 Å². The van der Waals surface area contributed by atoms with Gasteiger partial charge in [-0.05, 0) is 18.4 Å². The van der Waals surface area contributed by atoms with E-state index in [-0.39, 0.29) is 11.0 Å². The van der Waals surface area contributed by atoms with Crippen molar-refractivity contribution in [2.75, 3.05) is 0 Å². The molecule has 2 rings (SSSR count). The molecule has 1 aliphatic carbocycles. The minimum Gasteiger partial charge on any atom is -0.310 e. The number of hydrogen-bond acceptors (Lipinski definition) is 3. The van der Waals surface area contributed by atoms with Gasteiger partial charge in [-0.3, -0.25) is 10.1 Å². The monoisotopic (exact) mass is 234 g/mol. The number of hydrogen-bond donors (Lipinski definition) is 1. The van der Waals surface area contributed by atoms with Crippen LogP contribution >= 0.6 is 0 Å². The van der Waals surface area contributed by atoms with E-state index < -0.39 is 0 Å². The van der Waals surface area contributed by atoms with Crippen molar-refractivity contribution in [3.63, 3.8) is 0 Å². The van der Waals surface area contributed by atoms with Crippen molar-refractivity contribution in [3.8, 4) is 0 Å². The fourth-order valence-electron chi connectivity index (χ4n) is 2.35. The van der Waals surface area contributed by atoms with Crippen molar-refractivity contribution in [3.05, 3.63) is 46.0 Å². The van der Waals surface area contributed by atoms with Gasteiger partial charge in [-0.1, -0.05) is 30.3 Å². The van der Waals surface area contributed by atoms with Crippen molar-refractivity contribution in [2.24, 2.45) is 0 Å². The lowest BCUT2D eigenvalue weighted by atomic mass is 9.91. The summed E-state index contributed by atoms with van der Waals surface area (Å²) in [6, 6.07) is 10.4. The van der Waals surface area contributed by atoms with E-state index in [9.17, 15) is 10.1 Å². The van der Waals surface area contributed by atoms with Crippen LogP contribution in [0.4, 0.5) is 0 Å². The normalized spacial score (nSPS) is 24.5. The molecule has 92 valence electrons. The third-order valence-corrected chi connectivity index (χ3v) is 3.43. The third kappa shape index (κ3) is 3.53. The van der Waals surface area contributed by atoms with E-state index in [1.54, 1.807) is 0 Å². The highest BCUT2D eigenvalue weighted by Gasteiger charge is 2.27. The topological polar surface area (TPSA) is 55.2 Å². The van der Waals surface area contributed by atoms with Gasteiger partial charge in [-0.15, -0.1) is 0 Å². The lowest BCUT2D eigenvalue weighted by molar-refractivity contribution is -0.526. The molecule has 1 aliphatic rings. The summed E-state index contributed by atoms with van der Waals surface area (Å²) in [5.74, 6) is 0. The lowest BCUT2D eigenvalue weighted by Gasteiger charge is -2.24. The van der Waals surface area contributed by atoms with Gasteiger partial charge in [0.2, 0.25) is 6.04 Å². The average molecular weight is 234 g/mol. The highest BCUT2D eigenvalue weighted by Crippen LogP contribution is 2.20.